The maximum Gasteiger partial charge on any atom is 0.234 e. The van der Waals surface area contributed by atoms with Crippen LogP contribution in [0.1, 0.15) is 5.56 Å². The van der Waals surface area contributed by atoms with Gasteiger partial charge in [-0.1, -0.05) is 53.2 Å². The van der Waals surface area contributed by atoms with Gasteiger partial charge in [0.25, 0.3) is 0 Å². The monoisotopic (exact) mass is 498 g/mol. The number of halogens is 2. The summed E-state index contributed by atoms with van der Waals surface area (Å²) in [5, 5.41) is 13.2. The topological polar surface area (TPSA) is 69.0 Å². The number of methoxy groups -OCH3 is 1. The van der Waals surface area contributed by atoms with Crippen molar-refractivity contribution in [1.29, 1.82) is 0 Å². The summed E-state index contributed by atoms with van der Waals surface area (Å²) in [5.74, 6) is 1.22. The van der Waals surface area contributed by atoms with Gasteiger partial charge >= 0.3 is 0 Å². The van der Waals surface area contributed by atoms with Gasteiger partial charge in [0, 0.05) is 28.0 Å². The Morgan fingerprint density at radius 3 is 2.64 bits per heavy atom. The average molecular weight is 499 g/mol. The van der Waals surface area contributed by atoms with Crippen molar-refractivity contribution in [2.75, 3.05) is 18.2 Å². The predicted molar refractivity (Wildman–Crippen MR) is 134 cm³/mol. The first-order valence-electron chi connectivity index (χ1n) is 9.99. The number of thioether (sulfide) groups is 1. The highest BCUT2D eigenvalue weighted by atomic mass is 35.5. The minimum Gasteiger partial charge on any atom is -0.497 e. The van der Waals surface area contributed by atoms with Gasteiger partial charge in [-0.15, -0.1) is 10.2 Å². The first-order chi connectivity index (χ1) is 15.9. The second-order valence-corrected chi connectivity index (χ2v) is 8.96. The van der Waals surface area contributed by atoms with E-state index in [0.717, 1.165) is 11.3 Å². The van der Waals surface area contributed by atoms with Crippen LogP contribution in [0.2, 0.25) is 10.0 Å². The van der Waals surface area contributed by atoms with E-state index in [1.54, 1.807) is 31.4 Å². The third-order valence-corrected chi connectivity index (χ3v) is 6.23. The zero-order valence-corrected chi connectivity index (χ0v) is 20.2. The second kappa shape index (κ2) is 10.3. The maximum atomic E-state index is 12.6. The fourth-order valence-corrected chi connectivity index (χ4v) is 4.48. The zero-order valence-electron chi connectivity index (χ0n) is 17.9. The van der Waals surface area contributed by atoms with Crippen molar-refractivity contribution < 1.29 is 9.53 Å². The molecular formula is C24H20Cl2N4O2S. The molecule has 3 aromatic carbocycles. The Balaban J connectivity index is 1.62. The molecule has 0 atom stereocenters. The molecule has 0 aliphatic rings. The molecule has 1 heterocycles. The maximum absolute atomic E-state index is 12.6. The molecule has 33 heavy (non-hydrogen) atoms. The number of carbonyl (C=O) groups excluding carboxylic acids is 1. The van der Waals surface area contributed by atoms with Crippen molar-refractivity contribution in [3.63, 3.8) is 0 Å². The van der Waals surface area contributed by atoms with E-state index < -0.39 is 0 Å². The van der Waals surface area contributed by atoms with Crippen LogP contribution in [-0.4, -0.2) is 33.5 Å². The Hall–Kier alpha value is -3.00. The van der Waals surface area contributed by atoms with Crippen molar-refractivity contribution in [3.05, 3.63) is 82.3 Å². The number of rotatable bonds is 7. The van der Waals surface area contributed by atoms with Gasteiger partial charge in [-0.05, 0) is 55.0 Å². The number of hydrogen-bond donors (Lipinski definition) is 1. The Morgan fingerprint density at radius 2 is 1.88 bits per heavy atom. The lowest BCUT2D eigenvalue weighted by Crippen LogP contribution is -2.14. The van der Waals surface area contributed by atoms with Gasteiger partial charge in [0.05, 0.1) is 17.9 Å². The van der Waals surface area contributed by atoms with Gasteiger partial charge in [0.2, 0.25) is 5.91 Å². The first kappa shape index (κ1) is 23.2. The largest absolute Gasteiger partial charge is 0.497 e. The highest BCUT2D eigenvalue weighted by Crippen LogP contribution is 2.33. The number of nitrogens with one attached hydrogen (secondary N) is 1. The summed E-state index contributed by atoms with van der Waals surface area (Å²) in [7, 11) is 1.58. The molecule has 0 spiro atoms. The number of ether oxygens (including phenoxy) is 1. The second-order valence-electron chi connectivity index (χ2n) is 7.17. The van der Waals surface area contributed by atoms with E-state index >= 15 is 0 Å². The van der Waals surface area contributed by atoms with Crippen LogP contribution in [0.15, 0.2) is 71.9 Å². The van der Waals surface area contributed by atoms with E-state index in [0.29, 0.717) is 38.0 Å². The highest BCUT2D eigenvalue weighted by molar-refractivity contribution is 7.99. The van der Waals surface area contributed by atoms with Crippen LogP contribution in [0.4, 0.5) is 5.69 Å². The van der Waals surface area contributed by atoms with Crippen LogP contribution in [0.3, 0.4) is 0 Å². The quantitative estimate of drug-likeness (QED) is 0.303. The molecule has 9 heteroatoms. The first-order valence-corrected chi connectivity index (χ1v) is 11.7. The van der Waals surface area contributed by atoms with E-state index in [2.05, 4.69) is 15.5 Å². The van der Waals surface area contributed by atoms with Gasteiger partial charge in [-0.25, -0.2) is 0 Å². The molecule has 0 aliphatic carbocycles. The number of amides is 1. The Labute approximate surface area is 205 Å². The van der Waals surface area contributed by atoms with E-state index in [1.165, 1.54) is 11.8 Å². The molecule has 6 nitrogen and oxygen atoms in total. The molecule has 168 valence electrons. The van der Waals surface area contributed by atoms with E-state index in [9.17, 15) is 4.79 Å². The minimum absolute atomic E-state index is 0.148. The summed E-state index contributed by atoms with van der Waals surface area (Å²) in [6.45, 7) is 2.01. The summed E-state index contributed by atoms with van der Waals surface area (Å²) >= 11 is 13.8. The normalized spacial score (nSPS) is 10.8. The van der Waals surface area contributed by atoms with Gasteiger partial charge in [-0.2, -0.15) is 0 Å². The third-order valence-electron chi connectivity index (χ3n) is 4.75. The summed E-state index contributed by atoms with van der Waals surface area (Å²) in [4.78, 5) is 12.6. The predicted octanol–water partition coefficient (Wildman–Crippen LogP) is 6.29. The van der Waals surface area contributed by atoms with Gasteiger partial charge in [0.1, 0.15) is 5.75 Å². The lowest BCUT2D eigenvalue weighted by molar-refractivity contribution is -0.113. The van der Waals surface area contributed by atoms with Crippen LogP contribution in [0, 0.1) is 6.92 Å². The molecular weight excluding hydrogens is 479 g/mol. The van der Waals surface area contributed by atoms with Crippen molar-refractivity contribution >= 4 is 46.6 Å². The highest BCUT2D eigenvalue weighted by Gasteiger charge is 2.19. The van der Waals surface area contributed by atoms with E-state index in [1.807, 2.05) is 54.0 Å². The van der Waals surface area contributed by atoms with Crippen LogP contribution >= 0.6 is 35.0 Å². The Kier molecular flexibility index (Phi) is 7.23. The molecule has 1 aromatic heterocycles. The van der Waals surface area contributed by atoms with Crippen molar-refractivity contribution in [2.24, 2.45) is 0 Å². The number of aromatic nitrogens is 3. The number of aryl methyl sites for hydroxylation is 1. The average Bonchev–Trinajstić information content (AvgIpc) is 3.21. The number of carbonyl (C=O) groups is 1. The van der Waals surface area contributed by atoms with Crippen molar-refractivity contribution in [1.82, 2.24) is 14.8 Å². The molecule has 4 rings (SSSR count). The molecule has 1 N–H and O–H groups in total. The zero-order chi connectivity index (χ0) is 23.4. The smallest absolute Gasteiger partial charge is 0.234 e. The molecule has 0 bridgehead atoms. The number of hydrogen-bond acceptors (Lipinski definition) is 5. The Morgan fingerprint density at radius 1 is 1.06 bits per heavy atom. The minimum atomic E-state index is -0.168. The third kappa shape index (κ3) is 5.50. The number of benzene rings is 3. The van der Waals surface area contributed by atoms with Gasteiger partial charge in [-0.3, -0.25) is 9.36 Å². The van der Waals surface area contributed by atoms with Crippen LogP contribution in [0.5, 0.6) is 5.75 Å². The fraction of sp³-hybridized carbons (Fsp3) is 0.125. The number of anilines is 1. The van der Waals surface area contributed by atoms with E-state index in [4.69, 9.17) is 27.9 Å². The van der Waals surface area contributed by atoms with Crippen LogP contribution < -0.4 is 10.1 Å². The fourth-order valence-electron chi connectivity index (χ4n) is 3.24. The SMILES string of the molecule is COc1cccc(NC(=O)CSc2nnc(-c3ccc(Cl)cc3Cl)n2-c2cccc(C)c2)c1. The molecule has 0 unspecified atom stereocenters. The van der Waals surface area contributed by atoms with Gasteiger partial charge < -0.3 is 10.1 Å². The number of nitrogens with zero attached hydrogens (tertiary/aromatic N) is 3. The van der Waals surface area contributed by atoms with Gasteiger partial charge in [0.15, 0.2) is 11.0 Å². The lowest BCUT2D eigenvalue weighted by atomic mass is 10.2. The standard InChI is InChI=1S/C24H20Cl2N4O2S/c1-15-5-3-7-18(11-15)30-23(20-10-9-16(25)12-21(20)26)28-29-24(30)33-14-22(31)27-17-6-4-8-19(13-17)32-2/h3-13H,14H2,1-2H3,(H,27,31). The van der Waals surface area contributed by atoms with Crippen molar-refractivity contribution in [3.8, 4) is 22.8 Å². The molecule has 4 aromatic rings. The lowest BCUT2D eigenvalue weighted by Gasteiger charge is -2.12. The van der Waals surface area contributed by atoms with Crippen LogP contribution in [-0.2, 0) is 4.79 Å². The Bertz CT molecular complexity index is 1310. The van der Waals surface area contributed by atoms with Crippen LogP contribution in [0.25, 0.3) is 17.1 Å². The van der Waals surface area contributed by atoms with Crippen molar-refractivity contribution in [2.45, 2.75) is 12.1 Å². The summed E-state index contributed by atoms with van der Waals surface area (Å²) in [6, 6.07) is 20.4. The molecule has 0 fully saturated rings. The summed E-state index contributed by atoms with van der Waals surface area (Å²) < 4.78 is 7.10. The summed E-state index contributed by atoms with van der Waals surface area (Å²) in [6.07, 6.45) is 0. The molecule has 0 saturated carbocycles. The molecule has 1 amide bonds. The molecule has 0 radical (unpaired) electrons. The molecule has 0 aliphatic heterocycles. The molecule has 0 saturated heterocycles. The summed E-state index contributed by atoms with van der Waals surface area (Å²) in [5.41, 5.74) is 3.31. The van der Waals surface area contributed by atoms with E-state index in [-0.39, 0.29) is 11.7 Å².